The van der Waals surface area contributed by atoms with Gasteiger partial charge in [0.1, 0.15) is 23.1 Å². The topological polar surface area (TPSA) is 185 Å². The zero-order chi connectivity index (χ0) is 30.4. The van der Waals surface area contributed by atoms with Crippen LogP contribution in [0.3, 0.4) is 0 Å². The van der Waals surface area contributed by atoms with Gasteiger partial charge < -0.3 is 29.9 Å². The number of hydrogen-bond donors (Lipinski definition) is 4. The summed E-state index contributed by atoms with van der Waals surface area (Å²) in [5, 5.41) is 43.7. The second-order valence-electron chi connectivity index (χ2n) is 13.8. The molecule has 13 atom stereocenters. The van der Waals surface area contributed by atoms with Crippen molar-refractivity contribution < 1.29 is 53.9 Å². The number of rotatable bonds is 4. The molecule has 11 heteroatoms. The highest BCUT2D eigenvalue weighted by molar-refractivity contribution is 5.94. The molecule has 228 valence electrons. The smallest absolute Gasteiger partial charge is 0.336 e. The van der Waals surface area contributed by atoms with Crippen LogP contribution in [0.5, 0.6) is 0 Å². The van der Waals surface area contributed by atoms with Crippen molar-refractivity contribution in [2.45, 2.75) is 109 Å². The molecule has 5 saturated carbocycles. The van der Waals surface area contributed by atoms with E-state index in [1.807, 2.05) is 6.92 Å². The lowest BCUT2D eigenvalue weighted by atomic mass is 9.48. The lowest BCUT2D eigenvalue weighted by molar-refractivity contribution is -0.243. The Bertz CT molecular complexity index is 1180. The van der Waals surface area contributed by atoms with Crippen molar-refractivity contribution in [3.8, 4) is 0 Å². The molecule has 0 saturated heterocycles. The summed E-state index contributed by atoms with van der Waals surface area (Å²) in [5.74, 6) is -8.12. The van der Waals surface area contributed by atoms with Crippen molar-refractivity contribution in [1.29, 1.82) is 0 Å². The van der Waals surface area contributed by atoms with Crippen LogP contribution in [-0.4, -0.2) is 78.9 Å². The van der Waals surface area contributed by atoms with Gasteiger partial charge in [-0.25, -0.2) is 4.79 Å². The van der Waals surface area contributed by atoms with Gasteiger partial charge >= 0.3 is 17.9 Å². The van der Waals surface area contributed by atoms with Crippen molar-refractivity contribution in [3.63, 3.8) is 0 Å². The standard InChI is InChI=1S/C30H42O11/c1-13-10-21(34)27(4,28(5,39)26(37)38)20-11-19-22-17(8-9-29(19,23(13)20)40-14(2)31)30(41-15(3)32)12-16(33)6-7-18(30)24(35)25(22)36/h13,16-20,22-23,25,33,36,39H,6-12H2,1-5H3,(H,37,38)/t13-,16+,17?,18?,19?,20?,22?,23+,25?,27?,28-,29?,30?/m1/s1. The molecule has 4 N–H and O–H groups in total. The number of hydrogen-bond acceptors (Lipinski definition) is 10. The van der Waals surface area contributed by atoms with Gasteiger partial charge in [0.05, 0.1) is 17.4 Å². The molecule has 0 radical (unpaired) electrons. The normalized spacial score (nSPS) is 48.5. The zero-order valence-electron chi connectivity index (χ0n) is 24.3. The molecule has 0 spiro atoms. The number of ether oxygens (including phenoxy) is 2. The van der Waals surface area contributed by atoms with Crippen LogP contribution in [0.2, 0.25) is 0 Å². The molecule has 0 aromatic carbocycles. The highest BCUT2D eigenvalue weighted by atomic mass is 16.6. The summed E-state index contributed by atoms with van der Waals surface area (Å²) in [4.78, 5) is 64.9. The second-order valence-corrected chi connectivity index (χ2v) is 13.8. The molecule has 11 nitrogen and oxygen atoms in total. The molecule has 0 heterocycles. The minimum Gasteiger partial charge on any atom is -0.479 e. The molecule has 0 bridgehead atoms. The van der Waals surface area contributed by atoms with Crippen molar-refractivity contribution in [2.75, 3.05) is 0 Å². The van der Waals surface area contributed by atoms with Crippen LogP contribution in [0, 0.1) is 46.8 Å². The lowest BCUT2D eigenvalue weighted by Crippen LogP contribution is -2.70. The van der Waals surface area contributed by atoms with Crippen molar-refractivity contribution in [3.05, 3.63) is 0 Å². The Morgan fingerprint density at radius 2 is 1.56 bits per heavy atom. The van der Waals surface area contributed by atoms with E-state index in [0.717, 1.165) is 6.92 Å². The monoisotopic (exact) mass is 578 g/mol. The van der Waals surface area contributed by atoms with Gasteiger partial charge in [-0.3, -0.25) is 19.2 Å². The average molecular weight is 579 g/mol. The van der Waals surface area contributed by atoms with E-state index in [4.69, 9.17) is 9.47 Å². The number of fused-ring (bicyclic) bond motifs is 7. The van der Waals surface area contributed by atoms with Crippen molar-refractivity contribution >= 4 is 29.5 Å². The number of aliphatic hydroxyl groups is 3. The summed E-state index contributed by atoms with van der Waals surface area (Å²) in [7, 11) is 0. The molecule has 0 aliphatic heterocycles. The summed E-state index contributed by atoms with van der Waals surface area (Å²) in [5.41, 5.74) is -6.77. The first-order valence-corrected chi connectivity index (χ1v) is 14.7. The first kappa shape index (κ1) is 30.1. The molecule has 5 fully saturated rings. The van der Waals surface area contributed by atoms with Gasteiger partial charge in [-0.2, -0.15) is 0 Å². The fraction of sp³-hybridized carbons (Fsp3) is 0.833. The summed E-state index contributed by atoms with van der Waals surface area (Å²) >= 11 is 0. The fourth-order valence-corrected chi connectivity index (χ4v) is 10.4. The predicted molar refractivity (Wildman–Crippen MR) is 140 cm³/mol. The number of aliphatic carboxylic acids is 1. The molecule has 0 amide bonds. The van der Waals surface area contributed by atoms with E-state index in [1.54, 1.807) is 0 Å². The Labute approximate surface area is 239 Å². The predicted octanol–water partition coefficient (Wildman–Crippen LogP) is 1.42. The van der Waals surface area contributed by atoms with Crippen molar-refractivity contribution in [2.24, 2.45) is 46.8 Å². The molecule has 5 aliphatic carbocycles. The first-order valence-electron chi connectivity index (χ1n) is 14.7. The van der Waals surface area contributed by atoms with Crippen LogP contribution in [-0.2, 0) is 33.4 Å². The quantitative estimate of drug-likeness (QED) is 0.354. The molecule has 41 heavy (non-hydrogen) atoms. The molecular weight excluding hydrogens is 536 g/mol. The third kappa shape index (κ3) is 3.90. The molecule has 5 aliphatic rings. The third-order valence-electron chi connectivity index (χ3n) is 12.0. The van der Waals surface area contributed by atoms with Gasteiger partial charge in [0.15, 0.2) is 11.4 Å². The second kappa shape index (κ2) is 9.57. The molecular formula is C30H42O11. The fourth-order valence-electron chi connectivity index (χ4n) is 10.4. The number of carbonyl (C=O) groups excluding carboxylic acids is 4. The Morgan fingerprint density at radius 3 is 2.15 bits per heavy atom. The van der Waals surface area contributed by atoms with Gasteiger partial charge in [0, 0.05) is 50.4 Å². The minimum absolute atomic E-state index is 0.0297. The highest BCUT2D eigenvalue weighted by Crippen LogP contribution is 2.70. The van der Waals surface area contributed by atoms with E-state index < -0.39 is 99.4 Å². The third-order valence-corrected chi connectivity index (χ3v) is 12.0. The number of carbonyl (C=O) groups is 5. The van der Waals surface area contributed by atoms with Gasteiger partial charge in [0.2, 0.25) is 0 Å². The highest BCUT2D eigenvalue weighted by Gasteiger charge is 2.76. The Morgan fingerprint density at radius 1 is 0.951 bits per heavy atom. The van der Waals surface area contributed by atoms with Crippen LogP contribution in [0.4, 0.5) is 0 Å². The van der Waals surface area contributed by atoms with E-state index >= 15 is 0 Å². The summed E-state index contributed by atoms with van der Waals surface area (Å²) in [6, 6.07) is 0. The number of carboxylic acid groups (broad SMARTS) is 1. The average Bonchev–Trinajstić information content (AvgIpc) is 3.19. The molecule has 9 unspecified atom stereocenters. The molecule has 0 aromatic heterocycles. The Hall–Kier alpha value is -2.37. The van der Waals surface area contributed by atoms with E-state index in [0.29, 0.717) is 12.8 Å². The summed E-state index contributed by atoms with van der Waals surface area (Å²) in [6.45, 7) is 6.94. The van der Waals surface area contributed by atoms with Crippen LogP contribution in [0.1, 0.15) is 79.6 Å². The van der Waals surface area contributed by atoms with Gasteiger partial charge in [-0.05, 0) is 57.8 Å². The summed E-state index contributed by atoms with van der Waals surface area (Å²) < 4.78 is 12.2. The lowest BCUT2D eigenvalue weighted by Gasteiger charge is -2.61. The maximum Gasteiger partial charge on any atom is 0.336 e. The molecule has 0 aromatic rings. The zero-order valence-corrected chi connectivity index (χ0v) is 24.3. The summed E-state index contributed by atoms with van der Waals surface area (Å²) in [6.07, 6.45) is -0.992. The van der Waals surface area contributed by atoms with E-state index in [9.17, 15) is 44.4 Å². The largest absolute Gasteiger partial charge is 0.479 e. The number of ketones is 2. The Kier molecular flexibility index (Phi) is 7.03. The first-order chi connectivity index (χ1) is 19.0. The van der Waals surface area contributed by atoms with Crippen LogP contribution in [0.15, 0.2) is 0 Å². The minimum atomic E-state index is -2.43. The van der Waals surface area contributed by atoms with E-state index in [-0.39, 0.29) is 38.0 Å². The molecule has 5 rings (SSSR count). The van der Waals surface area contributed by atoms with E-state index in [2.05, 4.69) is 0 Å². The SMILES string of the molecule is CC(=O)OC12C[C@@H](O)CCC1C(=O)C(O)C1C2CCC2(OC(C)=O)C1CC1[C@@H]2[C@H](C)CC(=O)C1(C)[C@](C)(O)C(=O)O. The van der Waals surface area contributed by atoms with Crippen molar-refractivity contribution in [1.82, 2.24) is 0 Å². The maximum atomic E-state index is 13.8. The van der Waals surface area contributed by atoms with Gasteiger partial charge in [0.25, 0.3) is 0 Å². The maximum absolute atomic E-state index is 13.8. The van der Waals surface area contributed by atoms with Crippen LogP contribution >= 0.6 is 0 Å². The number of aliphatic hydroxyl groups excluding tert-OH is 2. The van der Waals surface area contributed by atoms with Crippen LogP contribution in [0.25, 0.3) is 0 Å². The van der Waals surface area contributed by atoms with Crippen LogP contribution < -0.4 is 0 Å². The number of carboxylic acids is 1. The number of Topliss-reactive ketones (excluding diaryl/α,β-unsaturated/α-hetero) is 2. The van der Waals surface area contributed by atoms with Gasteiger partial charge in [-0.15, -0.1) is 0 Å². The number of esters is 2. The van der Waals surface area contributed by atoms with Gasteiger partial charge in [-0.1, -0.05) is 6.92 Å². The van der Waals surface area contributed by atoms with E-state index in [1.165, 1.54) is 20.8 Å². The Balaban J connectivity index is 1.69.